The molecule has 0 aliphatic heterocycles. The van der Waals surface area contributed by atoms with Gasteiger partial charge < -0.3 is 15.2 Å². The summed E-state index contributed by atoms with van der Waals surface area (Å²) in [5.41, 5.74) is 0.138. The van der Waals surface area contributed by atoms with Crippen molar-refractivity contribution in [3.05, 3.63) is 23.9 Å². The molecule has 19 heavy (non-hydrogen) atoms. The van der Waals surface area contributed by atoms with E-state index >= 15 is 0 Å². The van der Waals surface area contributed by atoms with Gasteiger partial charge in [0.25, 0.3) is 0 Å². The van der Waals surface area contributed by atoms with Crippen molar-refractivity contribution in [1.29, 1.82) is 0 Å². The van der Waals surface area contributed by atoms with Crippen LogP contribution in [-0.2, 0) is 11.3 Å². The third-order valence-electron chi connectivity index (χ3n) is 3.52. The number of rotatable bonds is 5. The molecule has 1 aliphatic rings. The molecule has 1 aromatic heterocycles. The van der Waals surface area contributed by atoms with E-state index in [2.05, 4.69) is 10.3 Å². The van der Waals surface area contributed by atoms with Gasteiger partial charge in [-0.1, -0.05) is 12.8 Å². The Bertz CT molecular complexity index is 442. The molecule has 1 amide bonds. The summed E-state index contributed by atoms with van der Waals surface area (Å²) in [6.45, 7) is 0.424. The second-order valence-corrected chi connectivity index (χ2v) is 5.09. The van der Waals surface area contributed by atoms with Gasteiger partial charge in [-0.2, -0.15) is 0 Å². The molecule has 104 valence electrons. The Labute approximate surface area is 113 Å². The van der Waals surface area contributed by atoms with Crippen LogP contribution >= 0.6 is 0 Å². The molecular formula is C14H20N2O3. The summed E-state index contributed by atoms with van der Waals surface area (Å²) in [6.07, 6.45) is 5.30. The number of nitrogens with zero attached hydrogens (tertiary/aromatic N) is 1. The Kier molecular flexibility index (Phi) is 4.37. The number of methoxy groups -OCH3 is 1. The zero-order valence-electron chi connectivity index (χ0n) is 11.2. The number of hydrogen-bond acceptors (Lipinski definition) is 4. The highest BCUT2D eigenvalue weighted by atomic mass is 16.5. The van der Waals surface area contributed by atoms with Crippen LogP contribution < -0.4 is 10.1 Å². The minimum atomic E-state index is -0.792. The van der Waals surface area contributed by atoms with Crippen LogP contribution in [0.15, 0.2) is 18.3 Å². The summed E-state index contributed by atoms with van der Waals surface area (Å²) in [7, 11) is 1.56. The standard InChI is InChI=1S/C14H20N2O3/c1-19-13-8-11(4-7-15-13)10-16-12(17)9-14(18)5-2-3-6-14/h4,7-8,18H,2-3,5-6,9-10H2,1H3,(H,16,17). The van der Waals surface area contributed by atoms with Gasteiger partial charge in [-0.05, 0) is 24.5 Å². The van der Waals surface area contributed by atoms with E-state index < -0.39 is 5.60 Å². The van der Waals surface area contributed by atoms with E-state index in [1.165, 1.54) is 0 Å². The number of hydrogen-bond donors (Lipinski definition) is 2. The molecule has 1 heterocycles. The molecule has 0 spiro atoms. The Morgan fingerprint density at radius 1 is 1.53 bits per heavy atom. The normalized spacial score (nSPS) is 17.2. The summed E-state index contributed by atoms with van der Waals surface area (Å²) < 4.78 is 5.02. The zero-order chi connectivity index (χ0) is 13.7. The molecule has 0 atom stereocenters. The summed E-state index contributed by atoms with van der Waals surface area (Å²) in [5, 5.41) is 13.0. The van der Waals surface area contributed by atoms with Gasteiger partial charge in [-0.25, -0.2) is 4.98 Å². The monoisotopic (exact) mass is 264 g/mol. The van der Waals surface area contributed by atoms with Crippen LogP contribution in [0.2, 0.25) is 0 Å². The second-order valence-electron chi connectivity index (χ2n) is 5.09. The smallest absolute Gasteiger partial charge is 0.223 e. The number of aromatic nitrogens is 1. The molecule has 1 saturated carbocycles. The van der Waals surface area contributed by atoms with E-state index in [0.717, 1.165) is 31.2 Å². The fraction of sp³-hybridized carbons (Fsp3) is 0.571. The fourth-order valence-corrected chi connectivity index (χ4v) is 2.44. The van der Waals surface area contributed by atoms with Gasteiger partial charge in [0.05, 0.1) is 19.1 Å². The number of nitrogens with one attached hydrogen (secondary N) is 1. The molecule has 1 fully saturated rings. The van der Waals surface area contributed by atoms with E-state index in [4.69, 9.17) is 4.74 Å². The first kappa shape index (κ1) is 13.8. The minimum absolute atomic E-state index is 0.111. The molecule has 0 aromatic carbocycles. The van der Waals surface area contributed by atoms with Gasteiger partial charge in [0.2, 0.25) is 11.8 Å². The highest BCUT2D eigenvalue weighted by Crippen LogP contribution is 2.32. The molecule has 0 radical (unpaired) electrons. The van der Waals surface area contributed by atoms with Crippen molar-refractivity contribution in [3.8, 4) is 5.88 Å². The van der Waals surface area contributed by atoms with Crippen LogP contribution in [0.25, 0.3) is 0 Å². The van der Waals surface area contributed by atoms with E-state index in [9.17, 15) is 9.90 Å². The molecule has 1 aromatic rings. The lowest BCUT2D eigenvalue weighted by Gasteiger charge is -2.21. The van der Waals surface area contributed by atoms with Crippen LogP contribution in [-0.4, -0.2) is 28.7 Å². The highest BCUT2D eigenvalue weighted by molar-refractivity contribution is 5.77. The van der Waals surface area contributed by atoms with E-state index in [1.807, 2.05) is 6.07 Å². The van der Waals surface area contributed by atoms with Gasteiger partial charge in [-0.15, -0.1) is 0 Å². The van der Waals surface area contributed by atoms with Gasteiger partial charge in [-0.3, -0.25) is 4.79 Å². The molecule has 0 saturated heterocycles. The van der Waals surface area contributed by atoms with Gasteiger partial charge in [0.15, 0.2) is 0 Å². The van der Waals surface area contributed by atoms with Crippen molar-refractivity contribution < 1.29 is 14.6 Å². The first-order valence-electron chi connectivity index (χ1n) is 6.59. The topological polar surface area (TPSA) is 71.5 Å². The predicted octanol–water partition coefficient (Wildman–Crippen LogP) is 1.40. The lowest BCUT2D eigenvalue weighted by atomic mass is 9.98. The summed E-state index contributed by atoms with van der Waals surface area (Å²) >= 11 is 0. The van der Waals surface area contributed by atoms with Crippen molar-refractivity contribution in [2.24, 2.45) is 0 Å². The number of carbonyl (C=O) groups is 1. The van der Waals surface area contributed by atoms with Gasteiger partial charge in [0.1, 0.15) is 0 Å². The van der Waals surface area contributed by atoms with Gasteiger partial charge in [0, 0.05) is 18.8 Å². The number of pyridine rings is 1. The number of aliphatic hydroxyl groups is 1. The quantitative estimate of drug-likeness (QED) is 0.843. The Morgan fingerprint density at radius 2 is 2.26 bits per heavy atom. The number of amides is 1. The number of carbonyl (C=O) groups excluding carboxylic acids is 1. The Balaban J connectivity index is 1.82. The second kappa shape index (κ2) is 6.02. The van der Waals surface area contributed by atoms with Crippen molar-refractivity contribution in [2.75, 3.05) is 7.11 Å². The maximum Gasteiger partial charge on any atom is 0.223 e. The Hall–Kier alpha value is -1.62. The molecule has 5 heteroatoms. The van der Waals surface area contributed by atoms with Crippen molar-refractivity contribution in [3.63, 3.8) is 0 Å². The van der Waals surface area contributed by atoms with Crippen molar-refractivity contribution >= 4 is 5.91 Å². The molecular weight excluding hydrogens is 244 g/mol. The summed E-state index contributed by atoms with van der Waals surface area (Å²) in [4.78, 5) is 15.8. The van der Waals surface area contributed by atoms with Crippen LogP contribution in [0, 0.1) is 0 Å². The van der Waals surface area contributed by atoms with Gasteiger partial charge >= 0.3 is 0 Å². The Morgan fingerprint density at radius 3 is 2.95 bits per heavy atom. The maximum atomic E-state index is 11.8. The third-order valence-corrected chi connectivity index (χ3v) is 3.52. The first-order chi connectivity index (χ1) is 9.11. The van der Waals surface area contributed by atoms with Crippen LogP contribution in [0.5, 0.6) is 5.88 Å². The first-order valence-corrected chi connectivity index (χ1v) is 6.59. The summed E-state index contributed by atoms with van der Waals surface area (Å²) in [6, 6.07) is 3.61. The van der Waals surface area contributed by atoms with E-state index in [0.29, 0.717) is 12.4 Å². The third kappa shape index (κ3) is 3.92. The fourth-order valence-electron chi connectivity index (χ4n) is 2.44. The minimum Gasteiger partial charge on any atom is -0.481 e. The predicted molar refractivity (Wildman–Crippen MR) is 70.7 cm³/mol. The molecule has 5 nitrogen and oxygen atoms in total. The van der Waals surface area contributed by atoms with Crippen molar-refractivity contribution in [1.82, 2.24) is 10.3 Å². The highest BCUT2D eigenvalue weighted by Gasteiger charge is 2.33. The number of ether oxygens (including phenoxy) is 1. The molecule has 1 aliphatic carbocycles. The molecule has 0 bridgehead atoms. The van der Waals surface area contributed by atoms with E-state index in [-0.39, 0.29) is 12.3 Å². The average molecular weight is 264 g/mol. The largest absolute Gasteiger partial charge is 0.481 e. The summed E-state index contributed by atoms with van der Waals surface area (Å²) in [5.74, 6) is 0.418. The molecule has 2 N–H and O–H groups in total. The molecule has 2 rings (SSSR count). The molecule has 0 unspecified atom stereocenters. The van der Waals surface area contributed by atoms with Crippen LogP contribution in [0.1, 0.15) is 37.7 Å². The average Bonchev–Trinajstić information content (AvgIpc) is 2.83. The SMILES string of the molecule is COc1cc(CNC(=O)CC2(O)CCCC2)ccn1. The lowest BCUT2D eigenvalue weighted by molar-refractivity contribution is -0.126. The van der Waals surface area contributed by atoms with Crippen LogP contribution in [0.3, 0.4) is 0 Å². The van der Waals surface area contributed by atoms with Crippen molar-refractivity contribution in [2.45, 2.75) is 44.2 Å². The maximum absolute atomic E-state index is 11.8. The van der Waals surface area contributed by atoms with E-state index in [1.54, 1.807) is 19.4 Å². The zero-order valence-corrected chi connectivity index (χ0v) is 11.2. The van der Waals surface area contributed by atoms with Crippen LogP contribution in [0.4, 0.5) is 0 Å². The lowest BCUT2D eigenvalue weighted by Crippen LogP contribution is -2.34.